The van der Waals surface area contributed by atoms with Gasteiger partial charge in [-0.25, -0.2) is 0 Å². The van der Waals surface area contributed by atoms with E-state index >= 15 is 0 Å². The minimum atomic E-state index is -0.101. The monoisotopic (exact) mass is 383 g/mol. The van der Waals surface area contributed by atoms with Crippen molar-refractivity contribution in [1.29, 1.82) is 0 Å². The van der Waals surface area contributed by atoms with Crippen molar-refractivity contribution in [1.82, 2.24) is 15.0 Å². The van der Waals surface area contributed by atoms with Crippen LogP contribution in [0.2, 0.25) is 5.02 Å². The SMILES string of the molecule is COc1ccc(-c2noc(C3CC(=O)N(Cc4cccc(Cl)c4)C3)n2)cc1. The van der Waals surface area contributed by atoms with E-state index in [1.165, 1.54) is 0 Å². The molecular weight excluding hydrogens is 366 g/mol. The standard InChI is InChI=1S/C20H18ClN3O3/c1-26-17-7-5-14(6-8-17)19-22-20(27-23-19)15-10-18(25)24(12-15)11-13-3-2-4-16(21)9-13/h2-9,15H,10-12H2,1H3. The number of likely N-dealkylation sites (tertiary alicyclic amines) is 1. The van der Waals surface area contributed by atoms with Crippen LogP contribution < -0.4 is 4.74 Å². The quantitative estimate of drug-likeness (QED) is 0.668. The Morgan fingerprint density at radius 3 is 2.81 bits per heavy atom. The molecule has 1 atom stereocenters. The van der Waals surface area contributed by atoms with Crippen LogP contribution in [-0.2, 0) is 11.3 Å². The molecule has 1 unspecified atom stereocenters. The van der Waals surface area contributed by atoms with Crippen molar-refractivity contribution in [2.45, 2.75) is 18.9 Å². The molecule has 7 heteroatoms. The molecule has 1 aromatic heterocycles. The summed E-state index contributed by atoms with van der Waals surface area (Å²) in [4.78, 5) is 18.7. The summed E-state index contributed by atoms with van der Waals surface area (Å²) >= 11 is 6.03. The van der Waals surface area contributed by atoms with Crippen molar-refractivity contribution in [2.75, 3.05) is 13.7 Å². The Hall–Kier alpha value is -2.86. The van der Waals surface area contributed by atoms with Crippen LogP contribution in [0, 0.1) is 0 Å². The second kappa shape index (κ2) is 7.40. The largest absolute Gasteiger partial charge is 0.497 e. The van der Waals surface area contributed by atoms with E-state index in [1.807, 2.05) is 48.5 Å². The molecule has 0 radical (unpaired) electrons. The molecular formula is C20H18ClN3O3. The van der Waals surface area contributed by atoms with Gasteiger partial charge in [0.25, 0.3) is 0 Å². The number of amides is 1. The molecule has 0 N–H and O–H groups in total. The van der Waals surface area contributed by atoms with E-state index in [2.05, 4.69) is 10.1 Å². The highest BCUT2D eigenvalue weighted by Gasteiger charge is 2.34. The van der Waals surface area contributed by atoms with Crippen molar-refractivity contribution in [2.24, 2.45) is 0 Å². The lowest BCUT2D eigenvalue weighted by Gasteiger charge is -2.16. The third-order valence-electron chi connectivity index (χ3n) is 4.62. The van der Waals surface area contributed by atoms with Gasteiger partial charge in [-0.05, 0) is 42.0 Å². The van der Waals surface area contributed by atoms with Crippen LogP contribution in [0.25, 0.3) is 11.4 Å². The van der Waals surface area contributed by atoms with Crippen LogP contribution in [0.1, 0.15) is 23.8 Å². The van der Waals surface area contributed by atoms with Crippen LogP contribution >= 0.6 is 11.6 Å². The van der Waals surface area contributed by atoms with Gasteiger partial charge in [0.1, 0.15) is 5.75 Å². The number of methoxy groups -OCH3 is 1. The average molecular weight is 384 g/mol. The summed E-state index contributed by atoms with van der Waals surface area (Å²) in [6.07, 6.45) is 0.366. The van der Waals surface area contributed by atoms with Gasteiger partial charge in [0, 0.05) is 30.1 Å². The third kappa shape index (κ3) is 3.80. The van der Waals surface area contributed by atoms with Gasteiger partial charge in [0.15, 0.2) is 0 Å². The Labute approximate surface area is 161 Å². The van der Waals surface area contributed by atoms with Crippen LogP contribution in [0.3, 0.4) is 0 Å². The van der Waals surface area contributed by atoms with E-state index in [4.69, 9.17) is 20.9 Å². The van der Waals surface area contributed by atoms with Crippen molar-refractivity contribution in [3.63, 3.8) is 0 Å². The third-order valence-corrected chi connectivity index (χ3v) is 4.85. The first kappa shape index (κ1) is 17.5. The zero-order valence-electron chi connectivity index (χ0n) is 14.8. The minimum absolute atomic E-state index is 0.0733. The number of carbonyl (C=O) groups is 1. The summed E-state index contributed by atoms with van der Waals surface area (Å²) in [6, 6.07) is 15.0. The first-order valence-electron chi connectivity index (χ1n) is 8.62. The lowest BCUT2D eigenvalue weighted by atomic mass is 10.1. The first-order chi connectivity index (χ1) is 13.1. The van der Waals surface area contributed by atoms with E-state index in [-0.39, 0.29) is 11.8 Å². The highest BCUT2D eigenvalue weighted by atomic mass is 35.5. The smallest absolute Gasteiger partial charge is 0.232 e. The van der Waals surface area contributed by atoms with Gasteiger partial charge in [0.2, 0.25) is 17.6 Å². The molecule has 1 saturated heterocycles. The summed E-state index contributed by atoms with van der Waals surface area (Å²) in [5.74, 6) is 1.73. The van der Waals surface area contributed by atoms with Gasteiger partial charge in [-0.1, -0.05) is 28.9 Å². The molecule has 3 aromatic rings. The van der Waals surface area contributed by atoms with E-state index < -0.39 is 0 Å². The number of halogens is 1. The molecule has 1 fully saturated rings. The van der Waals surface area contributed by atoms with Gasteiger partial charge < -0.3 is 14.2 Å². The molecule has 4 rings (SSSR count). The zero-order chi connectivity index (χ0) is 18.8. The Morgan fingerprint density at radius 1 is 1.26 bits per heavy atom. The van der Waals surface area contributed by atoms with Gasteiger partial charge in [-0.3, -0.25) is 4.79 Å². The van der Waals surface area contributed by atoms with Crippen molar-refractivity contribution < 1.29 is 14.1 Å². The second-order valence-electron chi connectivity index (χ2n) is 6.49. The maximum atomic E-state index is 12.4. The van der Waals surface area contributed by atoms with E-state index in [0.717, 1.165) is 16.9 Å². The fourth-order valence-corrected chi connectivity index (χ4v) is 3.42. The van der Waals surface area contributed by atoms with Gasteiger partial charge in [-0.2, -0.15) is 4.98 Å². The number of hydrogen-bond acceptors (Lipinski definition) is 5. The fourth-order valence-electron chi connectivity index (χ4n) is 3.20. The Morgan fingerprint density at radius 2 is 2.07 bits per heavy atom. The van der Waals surface area contributed by atoms with Gasteiger partial charge in [0.05, 0.1) is 13.0 Å². The highest BCUT2D eigenvalue weighted by Crippen LogP contribution is 2.30. The lowest BCUT2D eigenvalue weighted by Crippen LogP contribution is -2.24. The number of rotatable bonds is 5. The van der Waals surface area contributed by atoms with Crippen molar-refractivity contribution in [3.8, 4) is 17.1 Å². The van der Waals surface area contributed by atoms with Crippen LogP contribution in [0.5, 0.6) is 5.75 Å². The number of ether oxygens (including phenoxy) is 1. The first-order valence-corrected chi connectivity index (χ1v) is 9.00. The molecule has 0 saturated carbocycles. The zero-order valence-corrected chi connectivity index (χ0v) is 15.5. The molecule has 0 spiro atoms. The summed E-state index contributed by atoms with van der Waals surface area (Å²) in [6.45, 7) is 1.07. The van der Waals surface area contributed by atoms with Crippen LogP contribution in [-0.4, -0.2) is 34.6 Å². The number of benzene rings is 2. The molecule has 0 aliphatic carbocycles. The number of hydrogen-bond donors (Lipinski definition) is 0. The number of aromatic nitrogens is 2. The van der Waals surface area contributed by atoms with Crippen molar-refractivity contribution in [3.05, 3.63) is 65.0 Å². The molecule has 1 aliphatic rings. The summed E-state index contributed by atoms with van der Waals surface area (Å²) in [5, 5.41) is 4.72. The maximum Gasteiger partial charge on any atom is 0.232 e. The summed E-state index contributed by atoms with van der Waals surface area (Å²) in [7, 11) is 1.62. The van der Waals surface area contributed by atoms with Crippen LogP contribution in [0.15, 0.2) is 53.1 Å². The lowest BCUT2D eigenvalue weighted by molar-refractivity contribution is -0.128. The van der Waals surface area contributed by atoms with Gasteiger partial charge in [-0.15, -0.1) is 0 Å². The predicted octanol–water partition coefficient (Wildman–Crippen LogP) is 3.91. The van der Waals surface area contributed by atoms with Gasteiger partial charge >= 0.3 is 0 Å². The van der Waals surface area contributed by atoms with E-state index in [0.29, 0.717) is 36.2 Å². The Balaban J connectivity index is 1.46. The molecule has 1 aliphatic heterocycles. The Bertz CT molecular complexity index is 955. The fraction of sp³-hybridized carbons (Fsp3) is 0.250. The molecule has 2 heterocycles. The maximum absolute atomic E-state index is 12.4. The highest BCUT2D eigenvalue weighted by molar-refractivity contribution is 6.30. The Kier molecular flexibility index (Phi) is 4.81. The summed E-state index contributed by atoms with van der Waals surface area (Å²) in [5.41, 5.74) is 1.84. The molecule has 6 nitrogen and oxygen atoms in total. The predicted molar refractivity (Wildman–Crippen MR) is 101 cm³/mol. The molecule has 2 aromatic carbocycles. The van der Waals surface area contributed by atoms with Crippen molar-refractivity contribution >= 4 is 17.5 Å². The van der Waals surface area contributed by atoms with E-state index in [9.17, 15) is 4.79 Å². The number of nitrogens with zero attached hydrogens (tertiary/aromatic N) is 3. The molecule has 27 heavy (non-hydrogen) atoms. The molecule has 138 valence electrons. The van der Waals surface area contributed by atoms with E-state index in [1.54, 1.807) is 12.0 Å². The van der Waals surface area contributed by atoms with Crippen LogP contribution in [0.4, 0.5) is 0 Å². The topological polar surface area (TPSA) is 68.5 Å². The minimum Gasteiger partial charge on any atom is -0.497 e. The molecule has 0 bridgehead atoms. The second-order valence-corrected chi connectivity index (χ2v) is 6.93. The summed E-state index contributed by atoms with van der Waals surface area (Å²) < 4.78 is 10.6. The average Bonchev–Trinajstić information content (AvgIpc) is 3.29. The number of carbonyl (C=O) groups excluding carboxylic acids is 1. The normalized spacial score (nSPS) is 16.7. The molecule has 1 amide bonds.